The standard InChI is InChI=1S/C11H9NO3/c12-6-7-1-2-10-9(5-7)8(11(13)14)3-4-15-10/h1-2,5,8H,3-4H2,(H,13,14). The summed E-state index contributed by atoms with van der Waals surface area (Å²) in [5.41, 5.74) is 1.07. The van der Waals surface area contributed by atoms with Crippen LogP contribution >= 0.6 is 0 Å². The molecule has 0 aliphatic carbocycles. The summed E-state index contributed by atoms with van der Waals surface area (Å²) in [6, 6.07) is 6.86. The summed E-state index contributed by atoms with van der Waals surface area (Å²) in [5.74, 6) is -0.843. The number of nitrogens with zero attached hydrogens (tertiary/aromatic N) is 1. The Labute approximate surface area is 86.7 Å². The summed E-state index contributed by atoms with van der Waals surface area (Å²) in [6.45, 7) is 0.413. The Balaban J connectivity index is 2.49. The van der Waals surface area contributed by atoms with Gasteiger partial charge in [0.1, 0.15) is 5.75 Å². The van der Waals surface area contributed by atoms with Crippen LogP contribution in [-0.4, -0.2) is 17.7 Å². The van der Waals surface area contributed by atoms with Gasteiger partial charge in [-0.05, 0) is 24.6 Å². The molecule has 1 N–H and O–H groups in total. The zero-order valence-electron chi connectivity index (χ0n) is 7.93. The van der Waals surface area contributed by atoms with Crippen molar-refractivity contribution in [2.24, 2.45) is 0 Å². The van der Waals surface area contributed by atoms with Gasteiger partial charge in [-0.25, -0.2) is 0 Å². The number of rotatable bonds is 1. The average molecular weight is 203 g/mol. The van der Waals surface area contributed by atoms with Crippen LogP contribution in [0.2, 0.25) is 0 Å². The van der Waals surface area contributed by atoms with Crippen LogP contribution in [0.5, 0.6) is 5.75 Å². The Hall–Kier alpha value is -2.02. The van der Waals surface area contributed by atoms with Crippen molar-refractivity contribution in [1.82, 2.24) is 0 Å². The molecule has 15 heavy (non-hydrogen) atoms. The zero-order chi connectivity index (χ0) is 10.8. The first kappa shape index (κ1) is 9.53. The Bertz CT molecular complexity index is 448. The highest BCUT2D eigenvalue weighted by Gasteiger charge is 2.27. The highest BCUT2D eigenvalue weighted by atomic mass is 16.5. The normalized spacial score (nSPS) is 18.5. The van der Waals surface area contributed by atoms with Gasteiger partial charge in [0.05, 0.1) is 24.2 Å². The third kappa shape index (κ3) is 1.64. The lowest BCUT2D eigenvalue weighted by atomic mass is 9.92. The molecule has 2 rings (SSSR count). The van der Waals surface area contributed by atoms with Crippen molar-refractivity contribution in [2.45, 2.75) is 12.3 Å². The average Bonchev–Trinajstić information content (AvgIpc) is 2.27. The second-order valence-corrected chi connectivity index (χ2v) is 3.39. The molecule has 0 saturated heterocycles. The number of ether oxygens (including phenoxy) is 1. The second kappa shape index (κ2) is 3.62. The van der Waals surface area contributed by atoms with Gasteiger partial charge < -0.3 is 9.84 Å². The maximum absolute atomic E-state index is 11.0. The molecule has 1 aliphatic rings. The van der Waals surface area contributed by atoms with E-state index in [-0.39, 0.29) is 0 Å². The van der Waals surface area contributed by atoms with Gasteiger partial charge in [-0.2, -0.15) is 5.26 Å². The molecule has 0 saturated carbocycles. The molecular weight excluding hydrogens is 194 g/mol. The van der Waals surface area contributed by atoms with Crippen LogP contribution < -0.4 is 4.74 Å². The first-order chi connectivity index (χ1) is 7.22. The number of nitriles is 1. The fraction of sp³-hybridized carbons (Fsp3) is 0.273. The Morgan fingerprint density at radius 1 is 1.60 bits per heavy atom. The third-order valence-electron chi connectivity index (χ3n) is 2.48. The van der Waals surface area contributed by atoms with E-state index < -0.39 is 11.9 Å². The number of fused-ring (bicyclic) bond motifs is 1. The molecule has 0 bridgehead atoms. The SMILES string of the molecule is N#Cc1ccc2c(c1)C(C(=O)O)CCO2. The summed E-state index contributed by atoms with van der Waals surface area (Å²) >= 11 is 0. The van der Waals surface area contributed by atoms with Gasteiger partial charge in [0.15, 0.2) is 0 Å². The predicted molar refractivity (Wildman–Crippen MR) is 51.6 cm³/mol. The Morgan fingerprint density at radius 2 is 2.40 bits per heavy atom. The molecule has 1 aromatic carbocycles. The lowest BCUT2D eigenvalue weighted by Gasteiger charge is -2.22. The molecule has 1 atom stereocenters. The number of hydrogen-bond acceptors (Lipinski definition) is 3. The van der Waals surface area contributed by atoms with Crippen LogP contribution in [0.3, 0.4) is 0 Å². The van der Waals surface area contributed by atoms with Gasteiger partial charge in [0.25, 0.3) is 0 Å². The molecule has 0 aromatic heterocycles. The molecular formula is C11H9NO3. The molecule has 1 unspecified atom stereocenters. The summed E-state index contributed by atoms with van der Waals surface area (Å²) < 4.78 is 5.33. The maximum atomic E-state index is 11.0. The maximum Gasteiger partial charge on any atom is 0.311 e. The monoisotopic (exact) mass is 203 g/mol. The van der Waals surface area contributed by atoms with Crippen LogP contribution in [0.25, 0.3) is 0 Å². The van der Waals surface area contributed by atoms with Crippen molar-refractivity contribution in [3.63, 3.8) is 0 Å². The van der Waals surface area contributed by atoms with Crippen LogP contribution in [-0.2, 0) is 4.79 Å². The number of aliphatic carboxylic acids is 1. The highest BCUT2D eigenvalue weighted by molar-refractivity contribution is 5.77. The van der Waals surface area contributed by atoms with Crippen LogP contribution in [0, 0.1) is 11.3 Å². The molecule has 4 nitrogen and oxygen atoms in total. The fourth-order valence-corrected chi connectivity index (χ4v) is 1.72. The first-order valence-electron chi connectivity index (χ1n) is 4.62. The number of carboxylic acids is 1. The summed E-state index contributed by atoms with van der Waals surface area (Å²) in [6.07, 6.45) is 0.456. The first-order valence-corrected chi connectivity index (χ1v) is 4.62. The lowest BCUT2D eigenvalue weighted by Crippen LogP contribution is -2.20. The highest BCUT2D eigenvalue weighted by Crippen LogP contribution is 2.34. The summed E-state index contributed by atoms with van der Waals surface area (Å²) in [4.78, 5) is 11.0. The number of carboxylic acid groups (broad SMARTS) is 1. The van der Waals surface area contributed by atoms with Gasteiger partial charge in [-0.1, -0.05) is 0 Å². The molecule has 0 fully saturated rings. The minimum absolute atomic E-state index is 0.413. The third-order valence-corrected chi connectivity index (χ3v) is 2.48. The number of hydrogen-bond donors (Lipinski definition) is 1. The van der Waals surface area contributed by atoms with E-state index in [0.717, 1.165) is 0 Å². The quantitative estimate of drug-likeness (QED) is 0.751. The van der Waals surface area contributed by atoms with Crippen molar-refractivity contribution in [2.75, 3.05) is 6.61 Å². The molecule has 4 heteroatoms. The smallest absolute Gasteiger partial charge is 0.311 e. The molecule has 76 valence electrons. The van der Waals surface area contributed by atoms with Gasteiger partial charge in [-0.3, -0.25) is 4.79 Å². The number of benzene rings is 1. The van der Waals surface area contributed by atoms with Crippen LogP contribution in [0.4, 0.5) is 0 Å². The largest absolute Gasteiger partial charge is 0.493 e. The van der Waals surface area contributed by atoms with Gasteiger partial charge in [0, 0.05) is 5.56 Å². The van der Waals surface area contributed by atoms with E-state index in [1.165, 1.54) is 0 Å². The molecule has 0 spiro atoms. The van der Waals surface area contributed by atoms with Crippen molar-refractivity contribution >= 4 is 5.97 Å². The Morgan fingerprint density at radius 3 is 3.07 bits per heavy atom. The number of carbonyl (C=O) groups is 1. The van der Waals surface area contributed by atoms with E-state index in [1.807, 2.05) is 6.07 Å². The summed E-state index contributed by atoms with van der Waals surface area (Å²) in [5, 5.41) is 17.7. The lowest BCUT2D eigenvalue weighted by molar-refractivity contribution is -0.139. The topological polar surface area (TPSA) is 70.3 Å². The molecule has 1 heterocycles. The van der Waals surface area contributed by atoms with Gasteiger partial charge in [0.2, 0.25) is 0 Å². The Kier molecular flexibility index (Phi) is 2.30. The van der Waals surface area contributed by atoms with Crippen molar-refractivity contribution in [1.29, 1.82) is 5.26 Å². The van der Waals surface area contributed by atoms with Crippen LogP contribution in [0.15, 0.2) is 18.2 Å². The molecule has 0 amide bonds. The molecule has 0 radical (unpaired) electrons. The van der Waals surface area contributed by atoms with Crippen molar-refractivity contribution in [3.05, 3.63) is 29.3 Å². The minimum Gasteiger partial charge on any atom is -0.493 e. The van der Waals surface area contributed by atoms with E-state index in [0.29, 0.717) is 29.9 Å². The van der Waals surface area contributed by atoms with E-state index in [1.54, 1.807) is 18.2 Å². The second-order valence-electron chi connectivity index (χ2n) is 3.39. The van der Waals surface area contributed by atoms with Gasteiger partial charge >= 0.3 is 5.97 Å². The van der Waals surface area contributed by atoms with E-state index in [9.17, 15) is 4.79 Å². The van der Waals surface area contributed by atoms with Crippen molar-refractivity contribution in [3.8, 4) is 11.8 Å². The van der Waals surface area contributed by atoms with E-state index >= 15 is 0 Å². The fourth-order valence-electron chi connectivity index (χ4n) is 1.72. The van der Waals surface area contributed by atoms with E-state index in [2.05, 4.69) is 0 Å². The minimum atomic E-state index is -0.866. The zero-order valence-corrected chi connectivity index (χ0v) is 7.93. The van der Waals surface area contributed by atoms with E-state index in [4.69, 9.17) is 15.1 Å². The van der Waals surface area contributed by atoms with Crippen molar-refractivity contribution < 1.29 is 14.6 Å². The summed E-state index contributed by atoms with van der Waals surface area (Å²) in [7, 11) is 0. The molecule has 1 aromatic rings. The predicted octanol–water partition coefficient (Wildman–Crippen LogP) is 1.51. The van der Waals surface area contributed by atoms with Crippen LogP contribution in [0.1, 0.15) is 23.5 Å². The van der Waals surface area contributed by atoms with Gasteiger partial charge in [-0.15, -0.1) is 0 Å². The molecule has 1 aliphatic heterocycles.